The summed E-state index contributed by atoms with van der Waals surface area (Å²) >= 11 is 0. The summed E-state index contributed by atoms with van der Waals surface area (Å²) < 4.78 is 18.7. The van der Waals surface area contributed by atoms with Crippen molar-refractivity contribution in [2.24, 2.45) is 0 Å². The Bertz CT molecular complexity index is 662. The van der Waals surface area contributed by atoms with E-state index >= 15 is 0 Å². The minimum Gasteiger partial charge on any atom is -0.504 e. The van der Waals surface area contributed by atoms with Crippen LogP contribution in [0.3, 0.4) is 0 Å². The highest BCUT2D eigenvalue weighted by molar-refractivity contribution is 5.78. The summed E-state index contributed by atoms with van der Waals surface area (Å²) in [5.74, 6) is 0.0777. The van der Waals surface area contributed by atoms with Gasteiger partial charge in [0.2, 0.25) is 0 Å². The number of rotatable bonds is 0. The fourth-order valence-electron chi connectivity index (χ4n) is 1.83. The zero-order chi connectivity index (χ0) is 12.7. The summed E-state index contributed by atoms with van der Waals surface area (Å²) in [6.45, 7) is 0. The van der Waals surface area contributed by atoms with Gasteiger partial charge >= 0.3 is 0 Å². The standard InChI is InChI=1S/C14H9FO3/c15-10-3-4-13-8(5-10)1-2-9-6-11(16)12(17)7-14(9)18-13/h1-7,16-17H. The fourth-order valence-corrected chi connectivity index (χ4v) is 1.83. The SMILES string of the molecule is Oc1cc2c(cc1O)Oc1ccc(F)cc1C=C2. The van der Waals surface area contributed by atoms with Crippen molar-refractivity contribution in [3.63, 3.8) is 0 Å². The normalized spacial score (nSPS) is 12.3. The van der Waals surface area contributed by atoms with Crippen LogP contribution in [-0.4, -0.2) is 10.2 Å². The Morgan fingerprint density at radius 3 is 2.28 bits per heavy atom. The molecule has 1 aliphatic heterocycles. The second kappa shape index (κ2) is 3.77. The third kappa shape index (κ3) is 1.68. The summed E-state index contributed by atoms with van der Waals surface area (Å²) in [5.41, 5.74) is 1.21. The van der Waals surface area contributed by atoms with Crippen LogP contribution in [0.25, 0.3) is 12.2 Å². The van der Waals surface area contributed by atoms with Gasteiger partial charge in [0.15, 0.2) is 11.5 Å². The van der Waals surface area contributed by atoms with Crippen molar-refractivity contribution in [2.45, 2.75) is 0 Å². The number of hydrogen-bond donors (Lipinski definition) is 2. The molecule has 0 amide bonds. The molecule has 0 saturated heterocycles. The van der Waals surface area contributed by atoms with Gasteiger partial charge in [-0.05, 0) is 24.3 Å². The average Bonchev–Trinajstić information content (AvgIpc) is 2.50. The van der Waals surface area contributed by atoms with E-state index in [0.717, 1.165) is 0 Å². The van der Waals surface area contributed by atoms with Crippen LogP contribution in [0.4, 0.5) is 4.39 Å². The van der Waals surface area contributed by atoms with E-state index in [1.807, 2.05) is 0 Å². The highest BCUT2D eigenvalue weighted by Gasteiger charge is 2.14. The van der Waals surface area contributed by atoms with E-state index in [1.165, 1.54) is 30.3 Å². The van der Waals surface area contributed by atoms with Gasteiger partial charge in [-0.15, -0.1) is 0 Å². The van der Waals surface area contributed by atoms with Gasteiger partial charge in [0.05, 0.1) is 0 Å². The van der Waals surface area contributed by atoms with E-state index < -0.39 is 0 Å². The first-order chi connectivity index (χ1) is 8.63. The first-order valence-electron chi connectivity index (χ1n) is 5.35. The molecule has 0 radical (unpaired) electrons. The van der Waals surface area contributed by atoms with Crippen LogP contribution in [0, 0.1) is 5.82 Å². The van der Waals surface area contributed by atoms with E-state index in [1.54, 1.807) is 12.2 Å². The summed E-state index contributed by atoms with van der Waals surface area (Å²) in [4.78, 5) is 0. The molecule has 90 valence electrons. The molecule has 1 heterocycles. The lowest BCUT2D eigenvalue weighted by molar-refractivity contribution is 0.397. The van der Waals surface area contributed by atoms with Gasteiger partial charge in [0.25, 0.3) is 0 Å². The summed E-state index contributed by atoms with van der Waals surface area (Å²) in [7, 11) is 0. The second-order valence-electron chi connectivity index (χ2n) is 4.00. The maximum Gasteiger partial charge on any atom is 0.161 e. The van der Waals surface area contributed by atoms with Crippen molar-refractivity contribution in [1.29, 1.82) is 0 Å². The number of fused-ring (bicyclic) bond motifs is 2. The molecule has 4 heteroatoms. The number of ether oxygens (including phenoxy) is 1. The van der Waals surface area contributed by atoms with E-state index in [9.17, 15) is 14.6 Å². The number of phenols is 2. The molecule has 18 heavy (non-hydrogen) atoms. The monoisotopic (exact) mass is 244 g/mol. The Labute approximate surface area is 102 Å². The van der Waals surface area contributed by atoms with Crippen molar-refractivity contribution in [3.8, 4) is 23.0 Å². The molecule has 0 aliphatic carbocycles. The molecule has 2 N–H and O–H groups in total. The largest absolute Gasteiger partial charge is 0.504 e. The van der Waals surface area contributed by atoms with Crippen LogP contribution in [-0.2, 0) is 0 Å². The van der Waals surface area contributed by atoms with Crippen LogP contribution in [0.5, 0.6) is 23.0 Å². The Hall–Kier alpha value is -2.49. The second-order valence-corrected chi connectivity index (χ2v) is 4.00. The first-order valence-corrected chi connectivity index (χ1v) is 5.35. The zero-order valence-corrected chi connectivity index (χ0v) is 9.22. The molecule has 0 fully saturated rings. The molecular weight excluding hydrogens is 235 g/mol. The molecule has 0 spiro atoms. The van der Waals surface area contributed by atoms with Gasteiger partial charge in [0, 0.05) is 17.2 Å². The minimum atomic E-state index is -0.348. The lowest BCUT2D eigenvalue weighted by atomic mass is 10.1. The van der Waals surface area contributed by atoms with Gasteiger partial charge in [0.1, 0.15) is 17.3 Å². The Morgan fingerprint density at radius 2 is 1.50 bits per heavy atom. The van der Waals surface area contributed by atoms with Gasteiger partial charge in [-0.25, -0.2) is 4.39 Å². The fraction of sp³-hybridized carbons (Fsp3) is 0. The molecule has 2 aromatic rings. The summed E-state index contributed by atoms with van der Waals surface area (Å²) in [6.07, 6.45) is 3.39. The quantitative estimate of drug-likeness (QED) is 0.595. The first kappa shape index (κ1) is 10.7. The van der Waals surface area contributed by atoms with Crippen LogP contribution >= 0.6 is 0 Å². The van der Waals surface area contributed by atoms with E-state index in [-0.39, 0.29) is 17.3 Å². The number of benzene rings is 2. The Morgan fingerprint density at radius 1 is 0.833 bits per heavy atom. The molecule has 0 unspecified atom stereocenters. The van der Waals surface area contributed by atoms with Crippen molar-refractivity contribution in [2.75, 3.05) is 0 Å². The molecular formula is C14H9FO3. The number of aromatic hydroxyl groups is 2. The van der Waals surface area contributed by atoms with Gasteiger partial charge in [-0.2, -0.15) is 0 Å². The summed E-state index contributed by atoms with van der Waals surface area (Å²) in [5, 5.41) is 18.9. The van der Waals surface area contributed by atoms with Crippen LogP contribution in [0.2, 0.25) is 0 Å². The number of hydrogen-bond acceptors (Lipinski definition) is 3. The Kier molecular flexibility index (Phi) is 2.23. The van der Waals surface area contributed by atoms with Crippen LogP contribution in [0.1, 0.15) is 11.1 Å². The lowest BCUT2D eigenvalue weighted by Crippen LogP contribution is -1.88. The zero-order valence-electron chi connectivity index (χ0n) is 9.22. The van der Waals surface area contributed by atoms with E-state index in [2.05, 4.69) is 0 Å². The number of halogens is 1. The summed E-state index contributed by atoms with van der Waals surface area (Å²) in [6, 6.07) is 6.90. The van der Waals surface area contributed by atoms with Crippen molar-refractivity contribution in [1.82, 2.24) is 0 Å². The highest BCUT2D eigenvalue weighted by atomic mass is 19.1. The molecule has 0 saturated carbocycles. The smallest absolute Gasteiger partial charge is 0.161 e. The third-order valence-electron chi connectivity index (χ3n) is 2.74. The molecule has 3 nitrogen and oxygen atoms in total. The maximum atomic E-state index is 13.1. The molecule has 0 aromatic heterocycles. The Balaban J connectivity index is 2.17. The topological polar surface area (TPSA) is 49.7 Å². The lowest BCUT2D eigenvalue weighted by Gasteiger charge is -2.09. The van der Waals surface area contributed by atoms with E-state index in [4.69, 9.17) is 4.74 Å². The van der Waals surface area contributed by atoms with Crippen molar-refractivity contribution >= 4 is 12.2 Å². The van der Waals surface area contributed by atoms with E-state index in [0.29, 0.717) is 22.6 Å². The predicted octanol–water partition coefficient (Wildman–Crippen LogP) is 3.51. The van der Waals surface area contributed by atoms with Gasteiger partial charge < -0.3 is 14.9 Å². The molecule has 3 rings (SSSR count). The molecule has 1 aliphatic rings. The van der Waals surface area contributed by atoms with Crippen molar-refractivity contribution < 1.29 is 19.3 Å². The van der Waals surface area contributed by atoms with Gasteiger partial charge in [-0.1, -0.05) is 12.2 Å². The number of phenolic OH excluding ortho intramolecular Hbond substituents is 2. The van der Waals surface area contributed by atoms with Gasteiger partial charge in [-0.3, -0.25) is 0 Å². The molecule has 0 atom stereocenters. The maximum absolute atomic E-state index is 13.1. The average molecular weight is 244 g/mol. The minimum absolute atomic E-state index is 0.223. The highest BCUT2D eigenvalue weighted by Crippen LogP contribution is 2.39. The third-order valence-corrected chi connectivity index (χ3v) is 2.74. The van der Waals surface area contributed by atoms with Crippen LogP contribution < -0.4 is 4.74 Å². The molecule has 0 bridgehead atoms. The van der Waals surface area contributed by atoms with Crippen molar-refractivity contribution in [3.05, 3.63) is 47.3 Å². The van der Waals surface area contributed by atoms with Crippen LogP contribution in [0.15, 0.2) is 30.3 Å². The predicted molar refractivity (Wildman–Crippen MR) is 65.2 cm³/mol. The molecule has 2 aromatic carbocycles.